The number of pyridine rings is 1. The molecular weight excluding hydrogens is 496 g/mol. The number of nitrogens with zero attached hydrogens (tertiary/aromatic N) is 5. The van der Waals surface area contributed by atoms with Gasteiger partial charge in [0.15, 0.2) is 17.6 Å². The number of rotatable bonds is 5. The van der Waals surface area contributed by atoms with E-state index in [1.54, 1.807) is 31.8 Å². The summed E-state index contributed by atoms with van der Waals surface area (Å²) in [5.74, 6) is 0.847. The van der Waals surface area contributed by atoms with E-state index in [2.05, 4.69) is 37.7 Å². The zero-order valence-corrected chi connectivity index (χ0v) is 19.0. The van der Waals surface area contributed by atoms with Crippen molar-refractivity contribution in [3.63, 3.8) is 0 Å². The number of aromatic nitrogens is 3. The van der Waals surface area contributed by atoms with Gasteiger partial charge in [-0.1, -0.05) is 18.2 Å². The van der Waals surface area contributed by atoms with E-state index < -0.39 is 0 Å². The lowest BCUT2D eigenvalue weighted by Crippen LogP contribution is -2.44. The number of para-hydroxylation sites is 1. The molecule has 0 radical (unpaired) electrons. The van der Waals surface area contributed by atoms with Crippen LogP contribution >= 0.6 is 24.0 Å². The van der Waals surface area contributed by atoms with Crippen molar-refractivity contribution in [3.05, 3.63) is 72.7 Å². The zero-order chi connectivity index (χ0) is 20.1. The number of benzene rings is 1. The second-order valence-electron chi connectivity index (χ2n) is 6.91. The number of guanidine groups is 1. The average molecular weight is 521 g/mol. The molecule has 1 aliphatic heterocycles. The highest BCUT2D eigenvalue weighted by atomic mass is 127. The maximum atomic E-state index is 14.0. The third kappa shape index (κ3) is 5.07. The lowest BCUT2D eigenvalue weighted by Gasteiger charge is -2.20. The van der Waals surface area contributed by atoms with Gasteiger partial charge in [-0.25, -0.2) is 14.4 Å². The molecule has 0 amide bonds. The summed E-state index contributed by atoms with van der Waals surface area (Å²) in [6, 6.07) is 11.4. The zero-order valence-electron chi connectivity index (χ0n) is 16.7. The van der Waals surface area contributed by atoms with Crippen LogP contribution in [-0.2, 0) is 6.54 Å². The van der Waals surface area contributed by atoms with Gasteiger partial charge in [-0.05, 0) is 30.2 Å². The summed E-state index contributed by atoms with van der Waals surface area (Å²) < 4.78 is 16.0. The van der Waals surface area contributed by atoms with Crippen molar-refractivity contribution < 1.29 is 4.39 Å². The van der Waals surface area contributed by atoms with Crippen LogP contribution in [0.15, 0.2) is 66.3 Å². The molecule has 4 rings (SSSR count). The fraction of sp³-hybridized carbons (Fsp3) is 0.286. The van der Waals surface area contributed by atoms with Gasteiger partial charge in [0.05, 0.1) is 12.0 Å². The first-order chi connectivity index (χ1) is 14.2. The molecule has 0 saturated carbocycles. The minimum absolute atomic E-state index is 0. The van der Waals surface area contributed by atoms with Crippen molar-refractivity contribution in [1.82, 2.24) is 25.2 Å². The van der Waals surface area contributed by atoms with Crippen LogP contribution in [0.1, 0.15) is 12.0 Å². The maximum Gasteiger partial charge on any atom is 0.191 e. The van der Waals surface area contributed by atoms with Crippen LogP contribution in [-0.4, -0.2) is 46.7 Å². The first kappa shape index (κ1) is 22.0. The highest BCUT2D eigenvalue weighted by Crippen LogP contribution is 2.20. The van der Waals surface area contributed by atoms with E-state index in [1.165, 1.54) is 6.07 Å². The Bertz CT molecular complexity index is 977. The normalized spacial score (nSPS) is 16.3. The lowest BCUT2D eigenvalue weighted by molar-refractivity contribution is 0.612. The van der Waals surface area contributed by atoms with Gasteiger partial charge < -0.3 is 20.1 Å². The Morgan fingerprint density at radius 1 is 1.23 bits per heavy atom. The topological polar surface area (TPSA) is 70.4 Å². The predicted octanol–water partition coefficient (Wildman–Crippen LogP) is 2.97. The van der Waals surface area contributed by atoms with Gasteiger partial charge in [-0.15, -0.1) is 24.0 Å². The van der Waals surface area contributed by atoms with Gasteiger partial charge in [-0.3, -0.25) is 4.99 Å². The van der Waals surface area contributed by atoms with E-state index in [4.69, 9.17) is 0 Å². The van der Waals surface area contributed by atoms with Crippen LogP contribution in [0.2, 0.25) is 0 Å². The van der Waals surface area contributed by atoms with Crippen molar-refractivity contribution in [1.29, 1.82) is 0 Å². The molecule has 3 aromatic rings. The van der Waals surface area contributed by atoms with Crippen molar-refractivity contribution in [2.75, 3.05) is 25.0 Å². The number of hydrogen-bond donors (Lipinski definition) is 2. The number of anilines is 1. The fourth-order valence-corrected chi connectivity index (χ4v) is 3.56. The molecule has 9 heteroatoms. The predicted molar refractivity (Wildman–Crippen MR) is 127 cm³/mol. The van der Waals surface area contributed by atoms with Gasteiger partial charge in [0.25, 0.3) is 0 Å². The minimum atomic E-state index is -0.285. The molecule has 3 heterocycles. The largest absolute Gasteiger partial charge is 0.352 e. The Morgan fingerprint density at radius 2 is 2.10 bits per heavy atom. The van der Waals surface area contributed by atoms with Crippen molar-refractivity contribution in [3.8, 4) is 5.69 Å². The monoisotopic (exact) mass is 521 g/mol. The molecule has 1 aliphatic rings. The molecule has 2 N–H and O–H groups in total. The lowest BCUT2D eigenvalue weighted by atomic mass is 10.1. The second-order valence-corrected chi connectivity index (χ2v) is 6.91. The van der Waals surface area contributed by atoms with Crippen molar-refractivity contribution in [2.45, 2.75) is 19.0 Å². The maximum absolute atomic E-state index is 14.0. The van der Waals surface area contributed by atoms with Gasteiger partial charge in [0.1, 0.15) is 0 Å². The summed E-state index contributed by atoms with van der Waals surface area (Å²) in [6.45, 7) is 2.06. The molecule has 30 heavy (non-hydrogen) atoms. The van der Waals surface area contributed by atoms with E-state index >= 15 is 0 Å². The summed E-state index contributed by atoms with van der Waals surface area (Å²) in [4.78, 5) is 14.6. The number of hydrogen-bond acceptors (Lipinski definition) is 4. The number of nitrogens with one attached hydrogen (secondary N) is 2. The molecule has 7 nitrogen and oxygen atoms in total. The van der Waals surface area contributed by atoms with Gasteiger partial charge in [-0.2, -0.15) is 0 Å². The van der Waals surface area contributed by atoms with Gasteiger partial charge in [0.2, 0.25) is 0 Å². The van der Waals surface area contributed by atoms with Crippen LogP contribution in [0.25, 0.3) is 5.69 Å². The smallest absolute Gasteiger partial charge is 0.191 e. The van der Waals surface area contributed by atoms with Crippen LogP contribution in [0, 0.1) is 5.82 Å². The molecule has 0 spiro atoms. The van der Waals surface area contributed by atoms with E-state index in [1.807, 2.05) is 27.8 Å². The number of imidazole rings is 1. The highest BCUT2D eigenvalue weighted by Gasteiger charge is 2.25. The standard InChI is InChI=1S/C21H24FN7.HI/c1-23-21(26-13-16-5-2-3-7-19(16)29-12-10-24-15-29)27-17-8-11-28(14-17)20-18(22)6-4-9-25-20;/h2-7,9-10,12,15,17H,8,11,13-14H2,1H3,(H2,23,26,27);1H. The Hall–Kier alpha value is -2.69. The van der Waals surface area contributed by atoms with Crippen LogP contribution in [0.4, 0.5) is 10.2 Å². The van der Waals surface area contributed by atoms with Gasteiger partial charge in [0, 0.05) is 51.3 Å². The summed E-state index contributed by atoms with van der Waals surface area (Å²) in [5.41, 5.74) is 2.21. The third-order valence-electron chi connectivity index (χ3n) is 5.01. The SMILES string of the molecule is CN=C(NCc1ccccc1-n1ccnc1)NC1CCN(c2ncccc2F)C1.I. The van der Waals surface area contributed by atoms with Crippen molar-refractivity contribution >= 4 is 35.8 Å². The van der Waals surface area contributed by atoms with E-state index in [0.717, 1.165) is 30.2 Å². The first-order valence-corrected chi connectivity index (χ1v) is 9.63. The molecule has 1 aromatic carbocycles. The molecule has 158 valence electrons. The summed E-state index contributed by atoms with van der Waals surface area (Å²) in [7, 11) is 1.75. The summed E-state index contributed by atoms with van der Waals surface area (Å²) in [5, 5.41) is 6.82. The molecule has 0 aliphatic carbocycles. The van der Waals surface area contributed by atoms with Crippen molar-refractivity contribution in [2.24, 2.45) is 4.99 Å². The number of aliphatic imine (C=N–C) groups is 1. The van der Waals surface area contributed by atoms with E-state index in [0.29, 0.717) is 18.9 Å². The quantitative estimate of drug-likeness (QED) is 0.307. The van der Waals surface area contributed by atoms with Crippen LogP contribution in [0.3, 0.4) is 0 Å². The Labute approximate surface area is 192 Å². The highest BCUT2D eigenvalue weighted by molar-refractivity contribution is 14.0. The molecule has 0 bridgehead atoms. The minimum Gasteiger partial charge on any atom is -0.352 e. The summed E-state index contributed by atoms with van der Waals surface area (Å²) >= 11 is 0. The Balaban J connectivity index is 0.00000256. The molecular formula is C21H25FIN7. The number of halogens is 2. The Morgan fingerprint density at radius 3 is 2.87 bits per heavy atom. The molecule has 1 saturated heterocycles. The molecule has 1 unspecified atom stereocenters. The van der Waals surface area contributed by atoms with Crippen LogP contribution in [0.5, 0.6) is 0 Å². The summed E-state index contributed by atoms with van der Waals surface area (Å²) in [6.07, 6.45) is 7.99. The average Bonchev–Trinajstić information content (AvgIpc) is 3.44. The first-order valence-electron chi connectivity index (χ1n) is 9.63. The van der Waals surface area contributed by atoms with Gasteiger partial charge >= 0.3 is 0 Å². The third-order valence-corrected chi connectivity index (χ3v) is 5.01. The van der Waals surface area contributed by atoms with Crippen LogP contribution < -0.4 is 15.5 Å². The Kier molecular flexibility index (Phi) is 7.61. The van der Waals surface area contributed by atoms with E-state index in [9.17, 15) is 4.39 Å². The molecule has 2 aromatic heterocycles. The van der Waals surface area contributed by atoms with E-state index in [-0.39, 0.29) is 35.8 Å². The fourth-order valence-electron chi connectivity index (χ4n) is 3.56. The second kappa shape index (κ2) is 10.4. The molecule has 1 fully saturated rings. The molecule has 1 atom stereocenters.